The number of piperazine rings is 1. The number of hydrogen-bond donors (Lipinski definition) is 0. The molecule has 6 heteroatoms. The SMILES string of the molecule is COc1ccc(N2CCN(C(=O)CCN(CC(C)C)C(C)=O)CC2)cc1. The summed E-state index contributed by atoms with van der Waals surface area (Å²) in [5, 5.41) is 0. The molecule has 0 unspecified atom stereocenters. The summed E-state index contributed by atoms with van der Waals surface area (Å²) in [5.41, 5.74) is 1.15. The zero-order valence-corrected chi connectivity index (χ0v) is 16.4. The molecule has 26 heavy (non-hydrogen) atoms. The molecule has 0 radical (unpaired) electrons. The summed E-state index contributed by atoms with van der Waals surface area (Å²) in [7, 11) is 1.66. The van der Waals surface area contributed by atoms with E-state index in [9.17, 15) is 9.59 Å². The molecule has 0 aliphatic carbocycles. The minimum absolute atomic E-state index is 0.0378. The third-order valence-electron chi connectivity index (χ3n) is 4.70. The average molecular weight is 361 g/mol. The van der Waals surface area contributed by atoms with Crippen molar-refractivity contribution in [3.63, 3.8) is 0 Å². The predicted molar refractivity (Wildman–Crippen MR) is 103 cm³/mol. The minimum Gasteiger partial charge on any atom is -0.497 e. The molecule has 0 aromatic heterocycles. The average Bonchev–Trinajstić information content (AvgIpc) is 2.64. The molecule has 1 aliphatic heterocycles. The van der Waals surface area contributed by atoms with Crippen molar-refractivity contribution in [3.05, 3.63) is 24.3 Å². The Balaban J connectivity index is 1.80. The Morgan fingerprint density at radius 1 is 1.12 bits per heavy atom. The van der Waals surface area contributed by atoms with Crippen molar-refractivity contribution in [1.29, 1.82) is 0 Å². The molecule has 2 rings (SSSR count). The van der Waals surface area contributed by atoms with Crippen LogP contribution < -0.4 is 9.64 Å². The smallest absolute Gasteiger partial charge is 0.224 e. The molecule has 1 fully saturated rings. The molecular formula is C20H31N3O3. The summed E-state index contributed by atoms with van der Waals surface area (Å²) in [6, 6.07) is 8.01. The first-order valence-electron chi connectivity index (χ1n) is 9.33. The van der Waals surface area contributed by atoms with E-state index in [2.05, 4.69) is 18.7 Å². The maximum atomic E-state index is 12.5. The summed E-state index contributed by atoms with van der Waals surface area (Å²) in [6.45, 7) is 10.0. The van der Waals surface area contributed by atoms with Crippen LogP contribution >= 0.6 is 0 Å². The van der Waals surface area contributed by atoms with Crippen molar-refractivity contribution < 1.29 is 14.3 Å². The van der Waals surface area contributed by atoms with Gasteiger partial charge in [0.1, 0.15) is 5.75 Å². The van der Waals surface area contributed by atoms with Crippen LogP contribution in [0.4, 0.5) is 5.69 Å². The lowest BCUT2D eigenvalue weighted by atomic mass is 10.2. The van der Waals surface area contributed by atoms with Gasteiger partial charge in [-0.15, -0.1) is 0 Å². The normalized spacial score (nSPS) is 14.5. The highest BCUT2D eigenvalue weighted by atomic mass is 16.5. The first kappa shape index (κ1) is 20.1. The lowest BCUT2D eigenvalue weighted by Crippen LogP contribution is -2.49. The van der Waals surface area contributed by atoms with E-state index in [1.165, 1.54) is 0 Å². The van der Waals surface area contributed by atoms with E-state index in [1.54, 1.807) is 18.9 Å². The number of carbonyl (C=O) groups excluding carboxylic acids is 2. The van der Waals surface area contributed by atoms with E-state index < -0.39 is 0 Å². The van der Waals surface area contributed by atoms with Crippen molar-refractivity contribution in [2.24, 2.45) is 5.92 Å². The predicted octanol–water partition coefficient (Wildman–Crippen LogP) is 2.24. The number of hydrogen-bond acceptors (Lipinski definition) is 4. The van der Waals surface area contributed by atoms with Crippen LogP contribution in [0.25, 0.3) is 0 Å². The van der Waals surface area contributed by atoms with Crippen LogP contribution in [0.3, 0.4) is 0 Å². The quantitative estimate of drug-likeness (QED) is 0.747. The molecule has 6 nitrogen and oxygen atoms in total. The summed E-state index contributed by atoms with van der Waals surface area (Å²) in [4.78, 5) is 30.2. The van der Waals surface area contributed by atoms with E-state index in [4.69, 9.17) is 4.74 Å². The van der Waals surface area contributed by atoms with Crippen LogP contribution in [0.2, 0.25) is 0 Å². The van der Waals surface area contributed by atoms with Gasteiger partial charge in [0.2, 0.25) is 11.8 Å². The molecule has 144 valence electrons. The fraction of sp³-hybridized carbons (Fsp3) is 0.600. The molecule has 1 aromatic carbocycles. The van der Waals surface area contributed by atoms with Gasteiger partial charge in [0.05, 0.1) is 7.11 Å². The Kier molecular flexibility index (Phi) is 7.30. The van der Waals surface area contributed by atoms with E-state index in [-0.39, 0.29) is 11.8 Å². The Bertz CT molecular complexity index is 593. The highest BCUT2D eigenvalue weighted by molar-refractivity contribution is 5.78. The lowest BCUT2D eigenvalue weighted by Gasteiger charge is -2.36. The zero-order valence-electron chi connectivity index (χ0n) is 16.4. The molecule has 1 aliphatic rings. The summed E-state index contributed by atoms with van der Waals surface area (Å²) in [5.74, 6) is 1.42. The van der Waals surface area contributed by atoms with Gasteiger partial charge >= 0.3 is 0 Å². The van der Waals surface area contributed by atoms with Gasteiger partial charge in [0, 0.05) is 58.3 Å². The van der Waals surface area contributed by atoms with E-state index in [0.717, 1.165) is 37.6 Å². The van der Waals surface area contributed by atoms with Gasteiger partial charge in [-0.2, -0.15) is 0 Å². The fourth-order valence-corrected chi connectivity index (χ4v) is 3.21. The number of benzene rings is 1. The van der Waals surface area contributed by atoms with Gasteiger partial charge in [-0.25, -0.2) is 0 Å². The largest absolute Gasteiger partial charge is 0.497 e. The van der Waals surface area contributed by atoms with Crippen LogP contribution in [0.5, 0.6) is 5.75 Å². The molecule has 1 heterocycles. The van der Waals surface area contributed by atoms with Gasteiger partial charge in [-0.05, 0) is 30.2 Å². The number of ether oxygens (including phenoxy) is 1. The lowest BCUT2D eigenvalue weighted by molar-refractivity contribution is -0.133. The number of anilines is 1. The first-order chi connectivity index (χ1) is 12.4. The van der Waals surface area contributed by atoms with Gasteiger partial charge in [-0.1, -0.05) is 13.8 Å². The van der Waals surface area contributed by atoms with Crippen molar-refractivity contribution in [2.75, 3.05) is 51.3 Å². The number of amides is 2. The monoisotopic (exact) mass is 361 g/mol. The van der Waals surface area contributed by atoms with Crippen LogP contribution in [-0.4, -0.2) is 68.0 Å². The maximum absolute atomic E-state index is 12.5. The van der Waals surface area contributed by atoms with Crippen LogP contribution in [0, 0.1) is 5.92 Å². The molecule has 2 amide bonds. The zero-order chi connectivity index (χ0) is 19.1. The van der Waals surface area contributed by atoms with Crippen molar-refractivity contribution >= 4 is 17.5 Å². The Morgan fingerprint density at radius 3 is 2.23 bits per heavy atom. The third-order valence-corrected chi connectivity index (χ3v) is 4.70. The van der Waals surface area contributed by atoms with E-state index in [0.29, 0.717) is 25.4 Å². The van der Waals surface area contributed by atoms with Crippen molar-refractivity contribution in [2.45, 2.75) is 27.2 Å². The second-order valence-corrected chi connectivity index (χ2v) is 7.17. The van der Waals surface area contributed by atoms with Gasteiger partial charge in [-0.3, -0.25) is 9.59 Å². The first-order valence-corrected chi connectivity index (χ1v) is 9.33. The number of methoxy groups -OCH3 is 1. The van der Waals surface area contributed by atoms with Crippen molar-refractivity contribution in [3.8, 4) is 5.75 Å². The van der Waals surface area contributed by atoms with Crippen LogP contribution in [0.1, 0.15) is 27.2 Å². The number of rotatable bonds is 7. The van der Waals surface area contributed by atoms with E-state index >= 15 is 0 Å². The Hall–Kier alpha value is -2.24. The van der Waals surface area contributed by atoms with Crippen LogP contribution in [-0.2, 0) is 9.59 Å². The summed E-state index contributed by atoms with van der Waals surface area (Å²) >= 11 is 0. The molecule has 0 saturated carbocycles. The highest BCUT2D eigenvalue weighted by Gasteiger charge is 2.22. The number of carbonyl (C=O) groups is 2. The van der Waals surface area contributed by atoms with Gasteiger partial charge in [0.25, 0.3) is 0 Å². The molecule has 1 saturated heterocycles. The molecule has 1 aromatic rings. The van der Waals surface area contributed by atoms with Crippen LogP contribution in [0.15, 0.2) is 24.3 Å². The summed E-state index contributed by atoms with van der Waals surface area (Å²) < 4.78 is 5.19. The molecule has 0 spiro atoms. The molecular weight excluding hydrogens is 330 g/mol. The van der Waals surface area contributed by atoms with Gasteiger partial charge < -0.3 is 19.4 Å². The van der Waals surface area contributed by atoms with E-state index in [1.807, 2.05) is 29.2 Å². The number of nitrogens with zero attached hydrogens (tertiary/aromatic N) is 3. The summed E-state index contributed by atoms with van der Waals surface area (Å²) in [6.07, 6.45) is 0.398. The fourth-order valence-electron chi connectivity index (χ4n) is 3.21. The minimum atomic E-state index is 0.0378. The topological polar surface area (TPSA) is 53.1 Å². The third kappa shape index (κ3) is 5.64. The second-order valence-electron chi connectivity index (χ2n) is 7.17. The second kappa shape index (κ2) is 9.46. The molecule has 0 atom stereocenters. The Morgan fingerprint density at radius 2 is 1.73 bits per heavy atom. The maximum Gasteiger partial charge on any atom is 0.224 e. The molecule has 0 bridgehead atoms. The Labute approximate surface area is 156 Å². The van der Waals surface area contributed by atoms with Gasteiger partial charge in [0.15, 0.2) is 0 Å². The van der Waals surface area contributed by atoms with Crippen molar-refractivity contribution in [1.82, 2.24) is 9.80 Å². The standard InChI is InChI=1S/C20H31N3O3/c1-16(2)15-23(17(3)24)10-9-20(25)22-13-11-21(12-14-22)18-5-7-19(26-4)8-6-18/h5-8,16H,9-15H2,1-4H3. The highest BCUT2D eigenvalue weighted by Crippen LogP contribution is 2.20. The molecule has 0 N–H and O–H groups in total.